The first-order valence-electron chi connectivity index (χ1n) is 7.60. The molecule has 2 aromatic rings. The van der Waals surface area contributed by atoms with Crippen LogP contribution in [0.1, 0.15) is 29.3 Å². The van der Waals surface area contributed by atoms with E-state index in [2.05, 4.69) is 40.6 Å². The molecule has 0 bridgehead atoms. The Hall–Kier alpha value is -1.71. The predicted octanol–water partition coefficient (Wildman–Crippen LogP) is 3.28. The van der Waals surface area contributed by atoms with E-state index in [0.717, 1.165) is 31.7 Å². The first-order chi connectivity index (χ1) is 10.3. The van der Waals surface area contributed by atoms with Crippen LogP contribution in [0.15, 0.2) is 36.5 Å². The van der Waals surface area contributed by atoms with Crippen LogP contribution in [0.25, 0.3) is 11.1 Å². The van der Waals surface area contributed by atoms with Gasteiger partial charge in [-0.25, -0.2) is 0 Å². The van der Waals surface area contributed by atoms with Gasteiger partial charge in [-0.1, -0.05) is 18.2 Å². The minimum absolute atomic E-state index is 0.149. The second-order valence-corrected chi connectivity index (χ2v) is 5.58. The SMILES string of the molecule is CNC[C@@H]1OCCCc2c(-c3ccnc(C)c3)cccc21. The summed E-state index contributed by atoms with van der Waals surface area (Å²) in [6.07, 6.45) is 4.19. The molecule has 1 aromatic carbocycles. The molecule has 2 heterocycles. The fraction of sp³-hybridized carbons (Fsp3) is 0.389. The summed E-state index contributed by atoms with van der Waals surface area (Å²) in [4.78, 5) is 4.31. The zero-order valence-corrected chi connectivity index (χ0v) is 12.7. The molecule has 0 aliphatic carbocycles. The van der Waals surface area contributed by atoms with Crippen LogP contribution in [0.3, 0.4) is 0 Å². The van der Waals surface area contributed by atoms with Gasteiger partial charge in [-0.2, -0.15) is 0 Å². The Labute approximate surface area is 126 Å². The molecule has 0 saturated carbocycles. The highest BCUT2D eigenvalue weighted by atomic mass is 16.5. The van der Waals surface area contributed by atoms with Gasteiger partial charge in [0.2, 0.25) is 0 Å². The standard InChI is InChI=1S/C18H22N2O/c1-13-11-14(8-9-20-13)15-5-3-6-17-16(15)7-4-10-21-18(17)12-19-2/h3,5-6,8-9,11,18-19H,4,7,10,12H2,1-2H3/t18-/m0/s1. The maximum Gasteiger partial charge on any atom is 0.0951 e. The monoisotopic (exact) mass is 282 g/mol. The van der Waals surface area contributed by atoms with E-state index in [9.17, 15) is 0 Å². The lowest BCUT2D eigenvalue weighted by Crippen LogP contribution is -2.20. The minimum Gasteiger partial charge on any atom is -0.372 e. The number of fused-ring (bicyclic) bond motifs is 1. The summed E-state index contributed by atoms with van der Waals surface area (Å²) in [5, 5.41) is 3.24. The van der Waals surface area contributed by atoms with Gasteiger partial charge in [0, 0.05) is 25.0 Å². The highest BCUT2D eigenvalue weighted by molar-refractivity contribution is 5.69. The number of pyridine rings is 1. The lowest BCUT2D eigenvalue weighted by Gasteiger charge is -2.19. The molecular formula is C18H22N2O. The zero-order chi connectivity index (χ0) is 14.7. The van der Waals surface area contributed by atoms with E-state index in [1.165, 1.54) is 22.3 Å². The molecule has 3 heteroatoms. The van der Waals surface area contributed by atoms with Gasteiger partial charge in [0.15, 0.2) is 0 Å². The summed E-state index contributed by atoms with van der Waals surface area (Å²) < 4.78 is 6.01. The third-order valence-corrected chi connectivity index (χ3v) is 4.05. The minimum atomic E-state index is 0.149. The van der Waals surface area contributed by atoms with E-state index in [1.807, 2.05) is 20.2 Å². The number of hydrogen-bond donors (Lipinski definition) is 1. The second-order valence-electron chi connectivity index (χ2n) is 5.58. The Bertz CT molecular complexity index is 624. The molecule has 1 N–H and O–H groups in total. The van der Waals surface area contributed by atoms with Crippen molar-refractivity contribution in [3.05, 3.63) is 53.3 Å². The Morgan fingerprint density at radius 3 is 3.05 bits per heavy atom. The van der Waals surface area contributed by atoms with Crippen LogP contribution in [0.4, 0.5) is 0 Å². The number of benzene rings is 1. The Morgan fingerprint density at radius 1 is 1.33 bits per heavy atom. The number of nitrogens with one attached hydrogen (secondary N) is 1. The van der Waals surface area contributed by atoms with Crippen LogP contribution in [0, 0.1) is 6.92 Å². The summed E-state index contributed by atoms with van der Waals surface area (Å²) in [5.41, 5.74) is 6.39. The number of ether oxygens (including phenoxy) is 1. The van der Waals surface area contributed by atoms with Crippen molar-refractivity contribution < 1.29 is 4.74 Å². The van der Waals surface area contributed by atoms with E-state index in [1.54, 1.807) is 0 Å². The van der Waals surface area contributed by atoms with Crippen LogP contribution in [0.5, 0.6) is 0 Å². The highest BCUT2D eigenvalue weighted by Gasteiger charge is 2.21. The topological polar surface area (TPSA) is 34.1 Å². The molecule has 0 unspecified atom stereocenters. The van der Waals surface area contributed by atoms with Crippen LogP contribution in [-0.4, -0.2) is 25.2 Å². The third-order valence-electron chi connectivity index (χ3n) is 4.05. The van der Waals surface area contributed by atoms with Gasteiger partial charge in [-0.15, -0.1) is 0 Å². The molecule has 0 saturated heterocycles. The van der Waals surface area contributed by atoms with Crippen LogP contribution in [-0.2, 0) is 11.2 Å². The van der Waals surface area contributed by atoms with Crippen molar-refractivity contribution in [2.75, 3.05) is 20.2 Å². The first kappa shape index (κ1) is 14.2. The summed E-state index contributed by atoms with van der Waals surface area (Å²) in [5.74, 6) is 0. The van der Waals surface area contributed by atoms with Gasteiger partial charge in [0.25, 0.3) is 0 Å². The summed E-state index contributed by atoms with van der Waals surface area (Å²) in [6, 6.07) is 10.8. The number of aryl methyl sites for hydroxylation is 1. The largest absolute Gasteiger partial charge is 0.372 e. The Morgan fingerprint density at radius 2 is 2.24 bits per heavy atom. The van der Waals surface area contributed by atoms with Crippen molar-refractivity contribution in [3.8, 4) is 11.1 Å². The molecule has 0 spiro atoms. The van der Waals surface area contributed by atoms with Crippen molar-refractivity contribution in [2.45, 2.75) is 25.9 Å². The van der Waals surface area contributed by atoms with E-state index in [4.69, 9.17) is 4.74 Å². The molecule has 0 amide bonds. The zero-order valence-electron chi connectivity index (χ0n) is 12.7. The second kappa shape index (κ2) is 6.37. The molecule has 3 nitrogen and oxygen atoms in total. The molecular weight excluding hydrogens is 260 g/mol. The van der Waals surface area contributed by atoms with Gasteiger partial charge in [-0.05, 0) is 61.2 Å². The maximum absolute atomic E-state index is 6.01. The van der Waals surface area contributed by atoms with Crippen molar-refractivity contribution in [1.29, 1.82) is 0 Å². The van der Waals surface area contributed by atoms with Gasteiger partial charge < -0.3 is 10.1 Å². The fourth-order valence-corrected chi connectivity index (χ4v) is 3.09. The fourth-order valence-electron chi connectivity index (χ4n) is 3.09. The van der Waals surface area contributed by atoms with E-state index in [-0.39, 0.29) is 6.10 Å². The number of likely N-dealkylation sites (N-methyl/N-ethyl adjacent to an activating group) is 1. The van der Waals surface area contributed by atoms with E-state index in [0.29, 0.717) is 0 Å². The quantitative estimate of drug-likeness (QED) is 0.938. The van der Waals surface area contributed by atoms with E-state index < -0.39 is 0 Å². The van der Waals surface area contributed by atoms with Crippen LogP contribution in [0.2, 0.25) is 0 Å². The number of aromatic nitrogens is 1. The van der Waals surface area contributed by atoms with Crippen molar-refractivity contribution in [2.24, 2.45) is 0 Å². The third kappa shape index (κ3) is 2.99. The summed E-state index contributed by atoms with van der Waals surface area (Å²) in [7, 11) is 1.98. The van der Waals surface area contributed by atoms with Gasteiger partial charge in [0.1, 0.15) is 0 Å². The van der Waals surface area contributed by atoms with Gasteiger partial charge in [-0.3, -0.25) is 4.98 Å². The lowest BCUT2D eigenvalue weighted by molar-refractivity contribution is 0.0579. The maximum atomic E-state index is 6.01. The average Bonchev–Trinajstić information content (AvgIpc) is 2.70. The van der Waals surface area contributed by atoms with Crippen molar-refractivity contribution in [1.82, 2.24) is 10.3 Å². The highest BCUT2D eigenvalue weighted by Crippen LogP contribution is 2.33. The normalized spacial score (nSPS) is 18.1. The van der Waals surface area contributed by atoms with Gasteiger partial charge >= 0.3 is 0 Å². The molecule has 1 aliphatic heterocycles. The van der Waals surface area contributed by atoms with E-state index >= 15 is 0 Å². The molecule has 110 valence electrons. The summed E-state index contributed by atoms with van der Waals surface area (Å²) in [6.45, 7) is 3.72. The van der Waals surface area contributed by atoms with Crippen molar-refractivity contribution >= 4 is 0 Å². The molecule has 1 aromatic heterocycles. The Kier molecular flexibility index (Phi) is 4.32. The number of hydrogen-bond acceptors (Lipinski definition) is 3. The van der Waals surface area contributed by atoms with Gasteiger partial charge in [0.05, 0.1) is 6.10 Å². The molecule has 1 atom stereocenters. The predicted molar refractivity (Wildman–Crippen MR) is 85.4 cm³/mol. The first-order valence-corrected chi connectivity index (χ1v) is 7.60. The lowest BCUT2D eigenvalue weighted by atomic mass is 9.91. The Balaban J connectivity index is 2.09. The molecule has 21 heavy (non-hydrogen) atoms. The molecule has 0 radical (unpaired) electrons. The van der Waals surface area contributed by atoms with Crippen LogP contribution < -0.4 is 5.32 Å². The van der Waals surface area contributed by atoms with Crippen LogP contribution >= 0.6 is 0 Å². The summed E-state index contributed by atoms with van der Waals surface area (Å²) >= 11 is 0. The molecule has 3 rings (SSSR count). The average molecular weight is 282 g/mol. The molecule has 0 fully saturated rings. The number of rotatable bonds is 3. The van der Waals surface area contributed by atoms with Crippen molar-refractivity contribution in [3.63, 3.8) is 0 Å². The smallest absolute Gasteiger partial charge is 0.0951 e. The molecule has 1 aliphatic rings. The number of nitrogens with zero attached hydrogens (tertiary/aromatic N) is 1.